The second kappa shape index (κ2) is 9.16. The van der Waals surface area contributed by atoms with Gasteiger partial charge in [0.05, 0.1) is 28.0 Å². The van der Waals surface area contributed by atoms with Crippen molar-refractivity contribution in [1.29, 1.82) is 5.26 Å². The van der Waals surface area contributed by atoms with Crippen molar-refractivity contribution < 1.29 is 9.18 Å². The molecular weight excluding hydrogens is 491 g/mol. The third-order valence-corrected chi connectivity index (χ3v) is 7.54. The second-order valence-corrected chi connectivity index (χ2v) is 9.99. The van der Waals surface area contributed by atoms with E-state index in [1.807, 2.05) is 44.9 Å². The zero-order chi connectivity index (χ0) is 26.6. The Kier molecular flexibility index (Phi) is 6.12. The molecule has 0 unspecified atom stereocenters. The van der Waals surface area contributed by atoms with Gasteiger partial charge >= 0.3 is 0 Å². The summed E-state index contributed by atoms with van der Waals surface area (Å²) < 4.78 is 18.1. The van der Waals surface area contributed by atoms with E-state index in [0.29, 0.717) is 35.3 Å². The van der Waals surface area contributed by atoms with Crippen LogP contribution < -0.4 is 4.90 Å². The molecule has 0 bridgehead atoms. The van der Waals surface area contributed by atoms with Gasteiger partial charge in [-0.15, -0.1) is 0 Å². The summed E-state index contributed by atoms with van der Waals surface area (Å²) in [6.45, 7) is 10.3. The van der Waals surface area contributed by atoms with E-state index in [0.717, 1.165) is 16.5 Å². The minimum atomic E-state index is -0.550. The van der Waals surface area contributed by atoms with Gasteiger partial charge in [-0.1, -0.05) is 30.3 Å². The number of carbonyl (C=O) groups is 1. The molecular formula is C28H26ClFN6O. The SMILES string of the molecule is C=CC(=O)N1C[C@H](C)N(c2c(C#N)cnc3c(F)c(-c4c(C)ccc5cnn(C)c45)c(Cl)cc23)C[C@H]1C. The summed E-state index contributed by atoms with van der Waals surface area (Å²) >= 11 is 6.83. The molecule has 9 heteroatoms. The highest BCUT2D eigenvalue weighted by Crippen LogP contribution is 2.43. The van der Waals surface area contributed by atoms with Crippen LogP contribution in [0.1, 0.15) is 25.0 Å². The molecule has 5 rings (SSSR count). The molecule has 0 saturated carbocycles. The Hall–Kier alpha value is -3.96. The van der Waals surface area contributed by atoms with Crippen LogP contribution in [0.4, 0.5) is 10.1 Å². The van der Waals surface area contributed by atoms with E-state index in [4.69, 9.17) is 11.6 Å². The average Bonchev–Trinajstić information content (AvgIpc) is 3.25. The predicted molar refractivity (Wildman–Crippen MR) is 144 cm³/mol. The fourth-order valence-corrected chi connectivity index (χ4v) is 5.70. The van der Waals surface area contributed by atoms with Gasteiger partial charge in [0.2, 0.25) is 5.91 Å². The molecule has 3 heterocycles. The number of aromatic nitrogens is 3. The molecule has 2 aromatic carbocycles. The van der Waals surface area contributed by atoms with Gasteiger partial charge < -0.3 is 9.80 Å². The number of hydrogen-bond acceptors (Lipinski definition) is 5. The Morgan fingerprint density at radius 3 is 2.70 bits per heavy atom. The van der Waals surface area contributed by atoms with E-state index in [1.165, 1.54) is 12.3 Å². The lowest BCUT2D eigenvalue weighted by molar-refractivity contribution is -0.128. The lowest BCUT2D eigenvalue weighted by Crippen LogP contribution is -2.58. The van der Waals surface area contributed by atoms with Gasteiger partial charge in [0.1, 0.15) is 11.6 Å². The van der Waals surface area contributed by atoms with Crippen molar-refractivity contribution in [1.82, 2.24) is 19.7 Å². The van der Waals surface area contributed by atoms with Crippen molar-refractivity contribution in [3.05, 3.63) is 65.2 Å². The molecule has 0 aliphatic carbocycles. The van der Waals surface area contributed by atoms with Gasteiger partial charge in [-0.05, 0) is 38.5 Å². The number of fused-ring (bicyclic) bond motifs is 2. The first-order valence-electron chi connectivity index (χ1n) is 12.0. The Morgan fingerprint density at radius 1 is 1.24 bits per heavy atom. The largest absolute Gasteiger partial charge is 0.363 e. The van der Waals surface area contributed by atoms with Crippen LogP contribution in [0.3, 0.4) is 0 Å². The molecule has 1 saturated heterocycles. The van der Waals surface area contributed by atoms with Crippen LogP contribution in [-0.4, -0.2) is 50.7 Å². The first kappa shape index (κ1) is 24.7. The number of anilines is 1. The van der Waals surface area contributed by atoms with Crippen molar-refractivity contribution >= 4 is 45.0 Å². The number of aryl methyl sites for hydroxylation is 2. The lowest BCUT2D eigenvalue weighted by atomic mass is 9.94. The number of amides is 1. The number of benzene rings is 2. The topological polar surface area (TPSA) is 78.1 Å². The van der Waals surface area contributed by atoms with Gasteiger partial charge in [-0.25, -0.2) is 4.39 Å². The number of halogens is 2. The molecule has 1 amide bonds. The maximum absolute atomic E-state index is 16.4. The zero-order valence-electron chi connectivity index (χ0n) is 21.1. The van der Waals surface area contributed by atoms with Crippen molar-refractivity contribution in [2.45, 2.75) is 32.9 Å². The Morgan fingerprint density at radius 2 is 2.00 bits per heavy atom. The third kappa shape index (κ3) is 3.82. The van der Waals surface area contributed by atoms with Crippen LogP contribution in [-0.2, 0) is 11.8 Å². The molecule has 2 atom stereocenters. The number of pyridine rings is 1. The molecule has 2 aromatic heterocycles. The Balaban J connectivity index is 1.74. The minimum Gasteiger partial charge on any atom is -0.363 e. The molecule has 0 N–H and O–H groups in total. The maximum Gasteiger partial charge on any atom is 0.246 e. The van der Waals surface area contributed by atoms with Crippen molar-refractivity contribution in [3.8, 4) is 17.2 Å². The minimum absolute atomic E-state index is 0.134. The maximum atomic E-state index is 16.4. The van der Waals surface area contributed by atoms with Crippen LogP contribution in [0, 0.1) is 24.1 Å². The number of nitrogens with zero attached hydrogens (tertiary/aromatic N) is 6. The standard InChI is InChI=1S/C28H26ClFN6O/c1-6-22(37)35-13-17(4)36(14-16(35)3)27-19(10-31)11-32-26-20(27)9-21(29)24(25(26)30)23-15(2)7-8-18-12-33-34(5)28(18)23/h6-9,11-12,16-17H,1,13-14H2,2-5H3/t16-,17+/m1/s1. The summed E-state index contributed by atoms with van der Waals surface area (Å²) in [5, 5.41) is 15.8. The van der Waals surface area contributed by atoms with Crippen LogP contribution in [0.25, 0.3) is 32.9 Å². The van der Waals surface area contributed by atoms with E-state index >= 15 is 4.39 Å². The van der Waals surface area contributed by atoms with Gasteiger partial charge in [0, 0.05) is 60.3 Å². The predicted octanol–water partition coefficient (Wildman–Crippen LogP) is 5.37. The third-order valence-electron chi connectivity index (χ3n) is 7.24. The normalized spacial score (nSPS) is 17.9. The Labute approximate surface area is 219 Å². The summed E-state index contributed by atoms with van der Waals surface area (Å²) in [5.41, 5.74) is 3.58. The van der Waals surface area contributed by atoms with E-state index in [1.54, 1.807) is 21.8 Å². The highest BCUT2D eigenvalue weighted by atomic mass is 35.5. The molecule has 0 radical (unpaired) electrons. The summed E-state index contributed by atoms with van der Waals surface area (Å²) in [5.74, 6) is -0.691. The summed E-state index contributed by atoms with van der Waals surface area (Å²) in [4.78, 5) is 20.5. The van der Waals surface area contributed by atoms with Gasteiger partial charge in [-0.2, -0.15) is 10.4 Å². The van der Waals surface area contributed by atoms with Gasteiger partial charge in [0.15, 0.2) is 5.82 Å². The van der Waals surface area contributed by atoms with E-state index < -0.39 is 5.82 Å². The van der Waals surface area contributed by atoms with E-state index in [2.05, 4.69) is 22.7 Å². The molecule has 0 spiro atoms. The first-order valence-corrected chi connectivity index (χ1v) is 12.4. The van der Waals surface area contributed by atoms with Gasteiger partial charge in [0.25, 0.3) is 0 Å². The van der Waals surface area contributed by atoms with Crippen molar-refractivity contribution in [2.75, 3.05) is 18.0 Å². The molecule has 1 aliphatic heterocycles. The smallest absolute Gasteiger partial charge is 0.246 e. The summed E-state index contributed by atoms with van der Waals surface area (Å²) in [6, 6.07) is 7.51. The number of carbonyl (C=O) groups excluding carboxylic acids is 1. The lowest BCUT2D eigenvalue weighted by Gasteiger charge is -2.45. The fourth-order valence-electron chi connectivity index (χ4n) is 5.42. The van der Waals surface area contributed by atoms with E-state index in [-0.39, 0.29) is 34.1 Å². The molecule has 188 valence electrons. The molecule has 4 aromatic rings. The number of rotatable bonds is 3. The van der Waals surface area contributed by atoms with Crippen LogP contribution >= 0.6 is 11.6 Å². The monoisotopic (exact) mass is 516 g/mol. The number of hydrogen-bond donors (Lipinski definition) is 0. The first-order chi connectivity index (χ1) is 17.7. The Bertz CT molecular complexity index is 1640. The van der Waals surface area contributed by atoms with Crippen LogP contribution in [0.15, 0.2) is 43.2 Å². The van der Waals surface area contributed by atoms with Crippen LogP contribution in [0.5, 0.6) is 0 Å². The van der Waals surface area contributed by atoms with E-state index in [9.17, 15) is 10.1 Å². The second-order valence-electron chi connectivity index (χ2n) is 9.58. The van der Waals surface area contributed by atoms with Crippen molar-refractivity contribution in [2.24, 2.45) is 7.05 Å². The summed E-state index contributed by atoms with van der Waals surface area (Å²) in [7, 11) is 1.81. The molecule has 1 aliphatic rings. The number of nitriles is 1. The summed E-state index contributed by atoms with van der Waals surface area (Å²) in [6.07, 6.45) is 4.46. The highest BCUT2D eigenvalue weighted by Gasteiger charge is 2.34. The average molecular weight is 517 g/mol. The quantitative estimate of drug-likeness (QED) is 0.342. The number of piperazine rings is 1. The zero-order valence-corrected chi connectivity index (χ0v) is 21.8. The van der Waals surface area contributed by atoms with Crippen LogP contribution in [0.2, 0.25) is 5.02 Å². The molecule has 37 heavy (non-hydrogen) atoms. The molecule has 1 fully saturated rings. The fraction of sp³-hybridized carbons (Fsp3) is 0.286. The van der Waals surface area contributed by atoms with Crippen molar-refractivity contribution in [3.63, 3.8) is 0 Å². The van der Waals surface area contributed by atoms with Gasteiger partial charge in [-0.3, -0.25) is 14.5 Å². The highest BCUT2D eigenvalue weighted by molar-refractivity contribution is 6.35. The molecule has 7 nitrogen and oxygen atoms in total.